The molecule has 1 aliphatic rings. The largest absolute Gasteiger partial charge is 0.309 e. The maximum absolute atomic E-state index is 5.30. The van der Waals surface area contributed by atoms with Gasteiger partial charge in [-0.1, -0.05) is 159 Å². The van der Waals surface area contributed by atoms with Crippen molar-refractivity contribution in [1.29, 1.82) is 0 Å². The molecule has 0 N–H and O–H groups in total. The molecule has 3 aromatic heterocycles. The highest BCUT2D eigenvalue weighted by molar-refractivity contribution is 6.15. The first-order chi connectivity index (χ1) is 31.0. The van der Waals surface area contributed by atoms with E-state index in [2.05, 4.69) is 187 Å². The van der Waals surface area contributed by atoms with Crippen LogP contribution >= 0.6 is 0 Å². The van der Waals surface area contributed by atoms with Crippen LogP contribution in [0, 0.1) is 0 Å². The summed E-state index contributed by atoms with van der Waals surface area (Å²) in [4.78, 5) is 15.7. The third-order valence-corrected chi connectivity index (χ3v) is 13.4. The highest BCUT2D eigenvalue weighted by Crippen LogP contribution is 2.51. The van der Waals surface area contributed by atoms with Gasteiger partial charge >= 0.3 is 0 Å². The van der Waals surface area contributed by atoms with Gasteiger partial charge in [-0.05, 0) is 98.8 Å². The van der Waals surface area contributed by atoms with Crippen molar-refractivity contribution in [2.75, 3.05) is 0 Å². The van der Waals surface area contributed by atoms with E-state index in [1.165, 1.54) is 54.8 Å². The van der Waals surface area contributed by atoms with Crippen molar-refractivity contribution in [3.05, 3.63) is 211 Å². The summed E-state index contributed by atoms with van der Waals surface area (Å²) in [6.45, 7) is 4.75. The standard InChI is InChI=1S/C58H39N5/c1-58(2)48-26-15-21-36-20-14-25-43(54(36)48)44-35-53-47(34-49(44)58)46-33-40(39-28-30-51-45(32-39)42-24-12-13-27-50(42)62(51)41-22-10-5-11-23-41)29-31-52(46)63(53)57-60-55(37-16-6-3-7-17-37)59-56(61-57)38-18-8-4-9-19-38/h3-35H,1-2H3. The Labute approximate surface area is 364 Å². The minimum absolute atomic E-state index is 0.241. The third kappa shape index (κ3) is 5.33. The molecule has 0 amide bonds. The lowest BCUT2D eigenvalue weighted by molar-refractivity contribution is 0.646. The van der Waals surface area contributed by atoms with E-state index in [0.29, 0.717) is 17.6 Å². The van der Waals surface area contributed by atoms with E-state index in [4.69, 9.17) is 15.0 Å². The first-order valence-corrected chi connectivity index (χ1v) is 21.6. The molecule has 63 heavy (non-hydrogen) atoms. The molecular weight excluding hydrogens is 767 g/mol. The van der Waals surface area contributed by atoms with Crippen molar-refractivity contribution < 1.29 is 0 Å². The molecule has 0 radical (unpaired) electrons. The van der Waals surface area contributed by atoms with Crippen LogP contribution < -0.4 is 0 Å². The maximum atomic E-state index is 5.30. The van der Waals surface area contributed by atoms with Crippen molar-refractivity contribution >= 4 is 54.4 Å². The second kappa shape index (κ2) is 13.4. The van der Waals surface area contributed by atoms with Gasteiger partial charge in [0.05, 0.1) is 22.1 Å². The summed E-state index contributed by atoms with van der Waals surface area (Å²) in [7, 11) is 0. The van der Waals surface area contributed by atoms with Crippen LogP contribution in [-0.4, -0.2) is 24.1 Å². The molecule has 0 spiro atoms. The minimum Gasteiger partial charge on any atom is -0.309 e. The lowest BCUT2D eigenvalue weighted by Gasteiger charge is -2.35. The lowest BCUT2D eigenvalue weighted by atomic mass is 9.68. The number of nitrogens with zero attached hydrogens (tertiary/aromatic N) is 5. The van der Waals surface area contributed by atoms with Crippen LogP contribution in [0.25, 0.3) is 111 Å². The molecule has 296 valence electrons. The van der Waals surface area contributed by atoms with Crippen molar-refractivity contribution in [3.8, 4) is 56.7 Å². The van der Waals surface area contributed by atoms with E-state index in [1.807, 2.05) is 36.4 Å². The fraction of sp³-hybridized carbons (Fsp3) is 0.0517. The molecule has 1 aliphatic carbocycles. The summed E-state index contributed by atoms with van der Waals surface area (Å²) in [6, 6.07) is 71.9. The van der Waals surface area contributed by atoms with Gasteiger partial charge in [-0.2, -0.15) is 9.97 Å². The monoisotopic (exact) mass is 805 g/mol. The zero-order valence-electron chi connectivity index (χ0n) is 34.8. The molecule has 9 aromatic carbocycles. The zero-order valence-corrected chi connectivity index (χ0v) is 34.8. The van der Waals surface area contributed by atoms with Gasteiger partial charge in [-0.3, -0.25) is 4.57 Å². The van der Waals surface area contributed by atoms with Gasteiger partial charge in [0.1, 0.15) is 0 Å². The predicted octanol–water partition coefficient (Wildman–Crippen LogP) is 14.5. The van der Waals surface area contributed by atoms with Gasteiger partial charge in [0.2, 0.25) is 5.95 Å². The topological polar surface area (TPSA) is 48.5 Å². The fourth-order valence-electron chi connectivity index (χ4n) is 10.3. The second-order valence-corrected chi connectivity index (χ2v) is 17.3. The number of fused-ring (bicyclic) bond motifs is 8. The summed E-state index contributed by atoms with van der Waals surface area (Å²) < 4.78 is 4.64. The van der Waals surface area contributed by atoms with E-state index in [1.54, 1.807) is 0 Å². The van der Waals surface area contributed by atoms with Crippen molar-refractivity contribution in [2.24, 2.45) is 0 Å². The molecule has 3 heterocycles. The van der Waals surface area contributed by atoms with E-state index >= 15 is 0 Å². The predicted molar refractivity (Wildman–Crippen MR) is 260 cm³/mol. The molecule has 0 saturated carbocycles. The quantitative estimate of drug-likeness (QED) is 0.174. The van der Waals surface area contributed by atoms with Gasteiger partial charge in [0, 0.05) is 43.8 Å². The van der Waals surface area contributed by atoms with E-state index in [0.717, 1.165) is 49.7 Å². The van der Waals surface area contributed by atoms with E-state index < -0.39 is 0 Å². The molecule has 0 saturated heterocycles. The molecule has 0 fully saturated rings. The van der Waals surface area contributed by atoms with Crippen LogP contribution in [0.2, 0.25) is 0 Å². The highest BCUT2D eigenvalue weighted by Gasteiger charge is 2.34. The van der Waals surface area contributed by atoms with Crippen LogP contribution in [0.1, 0.15) is 25.0 Å². The van der Waals surface area contributed by atoms with Crippen LogP contribution in [0.4, 0.5) is 0 Å². The summed E-state index contributed by atoms with van der Waals surface area (Å²) >= 11 is 0. The molecule has 0 bridgehead atoms. The Morgan fingerprint density at radius 2 is 0.921 bits per heavy atom. The van der Waals surface area contributed by atoms with Crippen molar-refractivity contribution in [1.82, 2.24) is 24.1 Å². The molecule has 0 unspecified atom stereocenters. The molecule has 0 atom stereocenters. The average molecular weight is 806 g/mol. The maximum Gasteiger partial charge on any atom is 0.238 e. The number of para-hydroxylation sites is 2. The minimum atomic E-state index is -0.241. The number of aromatic nitrogens is 5. The Morgan fingerprint density at radius 1 is 0.365 bits per heavy atom. The smallest absolute Gasteiger partial charge is 0.238 e. The second-order valence-electron chi connectivity index (χ2n) is 17.3. The van der Waals surface area contributed by atoms with Crippen molar-refractivity contribution in [3.63, 3.8) is 0 Å². The Kier molecular flexibility index (Phi) is 7.58. The van der Waals surface area contributed by atoms with Gasteiger partial charge < -0.3 is 4.57 Å². The Balaban J connectivity index is 1.10. The molecule has 12 aromatic rings. The summed E-state index contributed by atoms with van der Waals surface area (Å²) in [5.74, 6) is 1.85. The first kappa shape index (κ1) is 35.6. The number of rotatable bonds is 5. The number of hydrogen-bond acceptors (Lipinski definition) is 3. The van der Waals surface area contributed by atoms with Gasteiger partial charge in [-0.25, -0.2) is 4.98 Å². The number of benzene rings is 9. The molecule has 5 heteroatoms. The molecule has 5 nitrogen and oxygen atoms in total. The van der Waals surface area contributed by atoms with E-state index in [-0.39, 0.29) is 5.41 Å². The number of hydrogen-bond donors (Lipinski definition) is 0. The van der Waals surface area contributed by atoms with Crippen LogP contribution in [-0.2, 0) is 5.41 Å². The Hall–Kier alpha value is -8.15. The summed E-state index contributed by atoms with van der Waals surface area (Å²) in [5, 5.41) is 7.35. The van der Waals surface area contributed by atoms with Crippen LogP contribution in [0.5, 0.6) is 0 Å². The fourth-order valence-corrected chi connectivity index (χ4v) is 10.3. The molecule has 13 rings (SSSR count). The molecular formula is C58H39N5. The van der Waals surface area contributed by atoms with Gasteiger partial charge in [0.25, 0.3) is 0 Å². The Morgan fingerprint density at radius 3 is 1.60 bits per heavy atom. The van der Waals surface area contributed by atoms with Crippen LogP contribution in [0.15, 0.2) is 200 Å². The van der Waals surface area contributed by atoms with Crippen LogP contribution in [0.3, 0.4) is 0 Å². The SMILES string of the molecule is CC1(C)c2cc3c4cc(-c5ccc6c(c5)c5ccccc5n6-c5ccccc5)ccc4n(-c4nc(-c5ccccc5)nc(-c5ccccc5)n4)c3cc2-c2cccc3cccc1c23. The summed E-state index contributed by atoms with van der Waals surface area (Å²) in [6.07, 6.45) is 0. The highest BCUT2D eigenvalue weighted by atomic mass is 15.2. The normalized spacial score (nSPS) is 13.0. The Bertz CT molecular complexity index is 3740. The van der Waals surface area contributed by atoms with Crippen molar-refractivity contribution in [2.45, 2.75) is 19.3 Å². The zero-order chi connectivity index (χ0) is 41.8. The van der Waals surface area contributed by atoms with Gasteiger partial charge in [-0.15, -0.1) is 0 Å². The van der Waals surface area contributed by atoms with E-state index in [9.17, 15) is 0 Å². The molecule has 0 aliphatic heterocycles. The average Bonchev–Trinajstić information content (AvgIpc) is 3.85. The van der Waals surface area contributed by atoms with Gasteiger partial charge in [0.15, 0.2) is 11.6 Å². The third-order valence-electron chi connectivity index (χ3n) is 13.4. The lowest BCUT2D eigenvalue weighted by Crippen LogP contribution is -2.23. The first-order valence-electron chi connectivity index (χ1n) is 21.6. The summed E-state index contributed by atoms with van der Waals surface area (Å²) in [5.41, 5.74) is 14.7.